The number of thiophene rings is 1. The summed E-state index contributed by atoms with van der Waals surface area (Å²) in [7, 11) is 0. The molecule has 1 atom stereocenters. The van der Waals surface area contributed by atoms with Crippen LogP contribution in [-0.2, 0) is 6.42 Å². The lowest BCUT2D eigenvalue weighted by atomic mass is 9.99. The van der Waals surface area contributed by atoms with E-state index in [1.54, 1.807) is 11.3 Å². The van der Waals surface area contributed by atoms with Crippen molar-refractivity contribution < 1.29 is 0 Å². The Morgan fingerprint density at radius 3 is 2.71 bits per heavy atom. The zero-order valence-corrected chi connectivity index (χ0v) is 10.8. The van der Waals surface area contributed by atoms with Crippen LogP contribution in [0.1, 0.15) is 22.0 Å². The van der Waals surface area contributed by atoms with Crippen molar-refractivity contribution in [2.45, 2.75) is 12.5 Å². The molecule has 88 valence electrons. The van der Waals surface area contributed by atoms with Gasteiger partial charge in [-0.1, -0.05) is 30.3 Å². The first-order valence-electron chi connectivity index (χ1n) is 5.29. The van der Waals surface area contributed by atoms with Crippen LogP contribution in [-0.4, -0.2) is 5.84 Å². The van der Waals surface area contributed by atoms with Gasteiger partial charge >= 0.3 is 0 Å². The molecular formula is C13H13ClN2S. The maximum atomic E-state index is 5.98. The molecule has 4 heteroatoms. The minimum Gasteiger partial charge on any atom is -0.383 e. The maximum absolute atomic E-state index is 5.98. The van der Waals surface area contributed by atoms with Crippen LogP contribution < -0.4 is 5.73 Å². The molecule has 2 aromatic rings. The average molecular weight is 265 g/mol. The summed E-state index contributed by atoms with van der Waals surface area (Å²) >= 11 is 1.77. The molecule has 1 aliphatic heterocycles. The molecule has 0 bridgehead atoms. The van der Waals surface area contributed by atoms with Crippen molar-refractivity contribution in [2.24, 2.45) is 10.7 Å². The Labute approximate surface area is 111 Å². The Bertz CT molecular complexity index is 533. The molecule has 17 heavy (non-hydrogen) atoms. The van der Waals surface area contributed by atoms with Crippen LogP contribution in [0.2, 0.25) is 0 Å². The van der Waals surface area contributed by atoms with Gasteiger partial charge in [0.05, 0.1) is 6.04 Å². The van der Waals surface area contributed by atoms with Crippen LogP contribution in [0.4, 0.5) is 0 Å². The highest BCUT2D eigenvalue weighted by molar-refractivity contribution is 7.10. The Hall–Kier alpha value is -1.32. The van der Waals surface area contributed by atoms with Crippen molar-refractivity contribution in [1.29, 1.82) is 0 Å². The second kappa shape index (κ2) is 4.90. The molecule has 1 unspecified atom stereocenters. The largest absolute Gasteiger partial charge is 0.383 e. The topological polar surface area (TPSA) is 38.4 Å². The number of nitrogens with two attached hydrogens (primary N) is 1. The van der Waals surface area contributed by atoms with Crippen LogP contribution >= 0.6 is 23.7 Å². The predicted octanol–water partition coefficient (Wildman–Crippen LogP) is 3.17. The van der Waals surface area contributed by atoms with Crippen LogP contribution in [0.5, 0.6) is 0 Å². The number of halogens is 1. The van der Waals surface area contributed by atoms with Crippen molar-refractivity contribution in [3.8, 4) is 0 Å². The summed E-state index contributed by atoms with van der Waals surface area (Å²) in [5.41, 5.74) is 8.34. The molecule has 0 saturated carbocycles. The normalized spacial score (nSPS) is 17.9. The van der Waals surface area contributed by atoms with Gasteiger partial charge in [-0.3, -0.25) is 4.99 Å². The number of benzene rings is 1. The highest BCUT2D eigenvalue weighted by Gasteiger charge is 2.21. The third-order valence-electron chi connectivity index (χ3n) is 2.88. The van der Waals surface area contributed by atoms with Gasteiger partial charge in [-0.25, -0.2) is 0 Å². The number of hydrogen-bond donors (Lipinski definition) is 1. The minimum absolute atomic E-state index is 0. The van der Waals surface area contributed by atoms with Gasteiger partial charge < -0.3 is 5.73 Å². The lowest BCUT2D eigenvalue weighted by Crippen LogP contribution is -2.21. The molecule has 2 nitrogen and oxygen atoms in total. The van der Waals surface area contributed by atoms with Gasteiger partial charge in [-0.15, -0.1) is 23.7 Å². The molecule has 1 aromatic carbocycles. The van der Waals surface area contributed by atoms with E-state index in [2.05, 4.69) is 28.6 Å². The SMILES string of the molecule is Cl.NC1=NC(c2ccccc2)Cc2sccc21. The third kappa shape index (κ3) is 2.21. The number of hydrogen-bond acceptors (Lipinski definition) is 3. The first kappa shape index (κ1) is 12.1. The molecule has 0 aliphatic carbocycles. The zero-order valence-electron chi connectivity index (χ0n) is 9.17. The number of rotatable bonds is 1. The van der Waals surface area contributed by atoms with E-state index in [4.69, 9.17) is 5.73 Å². The lowest BCUT2D eigenvalue weighted by Gasteiger charge is -2.19. The van der Waals surface area contributed by atoms with Gasteiger partial charge in [0, 0.05) is 16.9 Å². The van der Waals surface area contributed by atoms with Gasteiger partial charge in [0.15, 0.2) is 0 Å². The van der Waals surface area contributed by atoms with E-state index < -0.39 is 0 Å². The fourth-order valence-corrected chi connectivity index (χ4v) is 2.98. The van der Waals surface area contributed by atoms with Crippen LogP contribution in [0, 0.1) is 0 Å². The first-order chi connectivity index (χ1) is 7.84. The van der Waals surface area contributed by atoms with E-state index in [1.165, 1.54) is 10.4 Å². The van der Waals surface area contributed by atoms with E-state index >= 15 is 0 Å². The molecule has 1 aliphatic rings. The lowest BCUT2D eigenvalue weighted by molar-refractivity contribution is 0.719. The van der Waals surface area contributed by atoms with Crippen molar-refractivity contribution in [2.75, 3.05) is 0 Å². The van der Waals surface area contributed by atoms with E-state index in [9.17, 15) is 0 Å². The fraction of sp³-hybridized carbons (Fsp3) is 0.154. The Balaban J connectivity index is 0.00000108. The molecule has 2 heterocycles. The average Bonchev–Trinajstić information content (AvgIpc) is 2.79. The number of amidine groups is 1. The molecule has 0 amide bonds. The van der Waals surface area contributed by atoms with Gasteiger partial charge in [0.1, 0.15) is 5.84 Å². The third-order valence-corrected chi connectivity index (χ3v) is 3.82. The minimum atomic E-state index is 0. The second-order valence-corrected chi connectivity index (χ2v) is 4.90. The van der Waals surface area contributed by atoms with Crippen molar-refractivity contribution in [3.05, 3.63) is 57.8 Å². The van der Waals surface area contributed by atoms with Crippen molar-refractivity contribution in [1.82, 2.24) is 0 Å². The standard InChI is InChI=1S/C13H12N2S.ClH/c14-13-10-6-7-16-12(10)8-11(15-13)9-4-2-1-3-5-9;/h1-7,11H,8H2,(H2,14,15);1H. The molecule has 0 saturated heterocycles. The van der Waals surface area contributed by atoms with E-state index in [0.29, 0.717) is 5.84 Å². The quantitative estimate of drug-likeness (QED) is 0.844. The van der Waals surface area contributed by atoms with Crippen LogP contribution in [0.3, 0.4) is 0 Å². The summed E-state index contributed by atoms with van der Waals surface area (Å²) in [5, 5.41) is 2.08. The van der Waals surface area contributed by atoms with Gasteiger partial charge in [0.25, 0.3) is 0 Å². The Morgan fingerprint density at radius 1 is 1.18 bits per heavy atom. The second-order valence-electron chi connectivity index (χ2n) is 3.90. The number of fused-ring (bicyclic) bond motifs is 1. The molecule has 0 fully saturated rings. The number of nitrogens with zero attached hydrogens (tertiary/aromatic N) is 1. The highest BCUT2D eigenvalue weighted by Crippen LogP contribution is 2.31. The summed E-state index contributed by atoms with van der Waals surface area (Å²) in [6, 6.07) is 12.6. The monoisotopic (exact) mass is 264 g/mol. The van der Waals surface area contributed by atoms with Crippen molar-refractivity contribution in [3.63, 3.8) is 0 Å². The zero-order chi connectivity index (χ0) is 11.0. The maximum Gasteiger partial charge on any atom is 0.127 e. The summed E-state index contributed by atoms with van der Waals surface area (Å²) in [4.78, 5) is 5.92. The predicted molar refractivity (Wildman–Crippen MR) is 75.2 cm³/mol. The molecule has 0 spiro atoms. The summed E-state index contributed by atoms with van der Waals surface area (Å²) in [5.74, 6) is 0.677. The molecule has 2 N–H and O–H groups in total. The summed E-state index contributed by atoms with van der Waals surface area (Å²) in [6.45, 7) is 0. The molecular weight excluding hydrogens is 252 g/mol. The van der Waals surface area contributed by atoms with Gasteiger partial charge in [-0.05, 0) is 17.0 Å². The van der Waals surface area contributed by atoms with Crippen LogP contribution in [0.15, 0.2) is 46.8 Å². The summed E-state index contributed by atoms with van der Waals surface area (Å²) < 4.78 is 0. The van der Waals surface area contributed by atoms with E-state index in [1.807, 2.05) is 18.2 Å². The van der Waals surface area contributed by atoms with Gasteiger partial charge in [-0.2, -0.15) is 0 Å². The van der Waals surface area contributed by atoms with E-state index in [-0.39, 0.29) is 18.4 Å². The van der Waals surface area contributed by atoms with Crippen molar-refractivity contribution >= 4 is 29.6 Å². The van der Waals surface area contributed by atoms with E-state index in [0.717, 1.165) is 12.0 Å². The first-order valence-corrected chi connectivity index (χ1v) is 6.17. The Kier molecular flexibility index (Phi) is 3.50. The molecule has 1 aromatic heterocycles. The Morgan fingerprint density at radius 2 is 1.94 bits per heavy atom. The molecule has 0 radical (unpaired) electrons. The summed E-state index contributed by atoms with van der Waals surface area (Å²) in [6.07, 6.45) is 0.970. The highest BCUT2D eigenvalue weighted by atomic mass is 35.5. The number of aliphatic imine (C=N–C) groups is 1. The van der Waals surface area contributed by atoms with Gasteiger partial charge in [0.2, 0.25) is 0 Å². The fourth-order valence-electron chi connectivity index (χ4n) is 2.05. The smallest absolute Gasteiger partial charge is 0.127 e. The molecule has 3 rings (SSSR count). The van der Waals surface area contributed by atoms with Crippen LogP contribution in [0.25, 0.3) is 0 Å².